The van der Waals surface area contributed by atoms with E-state index in [0.717, 1.165) is 0 Å². The third-order valence-electron chi connectivity index (χ3n) is 0.211. The standard InChI is InChI=1S/CHClF2NO3P/c2-1(3)5-8-9(4,6)7/h(H,6,7)/b5-1-. The van der Waals surface area contributed by atoms with Crippen molar-refractivity contribution in [1.82, 2.24) is 0 Å². The minimum absolute atomic E-state index is 1.65. The maximum absolute atomic E-state index is 11.3. The molecule has 0 aliphatic rings. The highest BCUT2D eigenvalue weighted by atomic mass is 35.5. The molecule has 0 aliphatic heterocycles. The van der Waals surface area contributed by atoms with Crippen LogP contribution in [0.5, 0.6) is 0 Å². The highest BCUT2D eigenvalue weighted by Gasteiger charge is 2.18. The molecule has 0 aromatic rings. The molecular weight excluding hydrogens is 178 g/mol. The number of hydrogen-bond donors (Lipinski definition) is 1. The quantitative estimate of drug-likeness (QED) is 0.397. The summed E-state index contributed by atoms with van der Waals surface area (Å²) in [6.07, 6.45) is 0. The van der Waals surface area contributed by atoms with Crippen molar-refractivity contribution in [2.45, 2.75) is 0 Å². The molecule has 0 aromatic heterocycles. The van der Waals surface area contributed by atoms with Crippen molar-refractivity contribution in [1.29, 1.82) is 0 Å². The van der Waals surface area contributed by atoms with E-state index in [9.17, 15) is 13.2 Å². The summed E-state index contributed by atoms with van der Waals surface area (Å²) in [5.41, 5.74) is -1.65. The highest BCUT2D eigenvalue weighted by Crippen LogP contribution is 2.43. The summed E-state index contributed by atoms with van der Waals surface area (Å²) in [5, 5.41) is 2.02. The number of hydrogen-bond acceptors (Lipinski definition) is 3. The smallest absolute Gasteiger partial charge is 0.288 e. The van der Waals surface area contributed by atoms with Gasteiger partial charge in [0, 0.05) is 0 Å². The average molecular weight is 179 g/mol. The average Bonchev–Trinajstić information content (AvgIpc) is 1.59. The fourth-order valence-electron chi connectivity index (χ4n) is 0.0812. The Hall–Kier alpha value is -0.190. The van der Waals surface area contributed by atoms with Crippen molar-refractivity contribution in [2.75, 3.05) is 0 Å². The van der Waals surface area contributed by atoms with Crippen LogP contribution >= 0.6 is 19.5 Å². The van der Waals surface area contributed by atoms with Crippen LogP contribution in [0.4, 0.5) is 8.59 Å². The van der Waals surface area contributed by atoms with Gasteiger partial charge in [-0.3, -0.25) is 9.52 Å². The van der Waals surface area contributed by atoms with Gasteiger partial charge in [-0.1, -0.05) is 0 Å². The van der Waals surface area contributed by atoms with Crippen LogP contribution in [0, 0.1) is 0 Å². The number of nitrogens with zero attached hydrogens (tertiary/aromatic N) is 1. The van der Waals surface area contributed by atoms with Crippen LogP contribution in [-0.2, 0) is 9.19 Å². The molecule has 1 unspecified atom stereocenters. The minimum atomic E-state index is -5.23. The van der Waals surface area contributed by atoms with E-state index < -0.39 is 13.3 Å². The van der Waals surface area contributed by atoms with Gasteiger partial charge in [0.15, 0.2) is 0 Å². The van der Waals surface area contributed by atoms with E-state index in [-0.39, 0.29) is 0 Å². The van der Waals surface area contributed by atoms with Crippen molar-refractivity contribution in [3.63, 3.8) is 0 Å². The van der Waals surface area contributed by atoms with E-state index >= 15 is 0 Å². The molecule has 0 heterocycles. The summed E-state index contributed by atoms with van der Waals surface area (Å²) in [6, 6.07) is 0. The third kappa shape index (κ3) is 7.81. The Morgan fingerprint density at radius 3 is 2.44 bits per heavy atom. The summed E-state index contributed by atoms with van der Waals surface area (Å²) in [4.78, 5) is 7.60. The highest BCUT2D eigenvalue weighted by molar-refractivity contribution is 7.46. The summed E-state index contributed by atoms with van der Waals surface area (Å²) < 4.78 is 35.0. The zero-order valence-electron chi connectivity index (χ0n) is 3.79. The third-order valence-corrected chi connectivity index (χ3v) is 0.563. The van der Waals surface area contributed by atoms with Gasteiger partial charge in [-0.05, 0) is 16.8 Å². The Morgan fingerprint density at radius 1 is 1.89 bits per heavy atom. The van der Waals surface area contributed by atoms with E-state index in [1.807, 2.05) is 5.16 Å². The van der Waals surface area contributed by atoms with Crippen molar-refractivity contribution >= 4 is 24.9 Å². The van der Waals surface area contributed by atoms with Gasteiger partial charge >= 0.3 is 13.3 Å². The Labute approximate surface area is 53.7 Å². The molecule has 1 atom stereocenters. The molecule has 0 aliphatic carbocycles. The maximum atomic E-state index is 11.3. The predicted octanol–water partition coefficient (Wildman–Crippen LogP) is 1.55. The monoisotopic (exact) mass is 179 g/mol. The van der Waals surface area contributed by atoms with Crippen LogP contribution in [0.1, 0.15) is 0 Å². The second-order valence-electron chi connectivity index (χ2n) is 0.865. The first-order chi connectivity index (χ1) is 3.92. The van der Waals surface area contributed by atoms with Gasteiger partial charge in [0.2, 0.25) is 0 Å². The van der Waals surface area contributed by atoms with Crippen molar-refractivity contribution < 1.29 is 22.7 Å². The molecule has 8 heteroatoms. The van der Waals surface area contributed by atoms with E-state index in [0.29, 0.717) is 0 Å². The lowest BCUT2D eigenvalue weighted by atomic mass is 11.6. The molecule has 0 saturated carbocycles. The van der Waals surface area contributed by atoms with Crippen LogP contribution < -0.4 is 0 Å². The van der Waals surface area contributed by atoms with Crippen LogP contribution in [0.3, 0.4) is 0 Å². The molecule has 0 aromatic carbocycles. The Balaban J connectivity index is 3.79. The lowest BCUT2D eigenvalue weighted by Crippen LogP contribution is -1.77. The Morgan fingerprint density at radius 2 is 2.33 bits per heavy atom. The molecular formula is CHClF2NO3P. The van der Waals surface area contributed by atoms with Crippen molar-refractivity contribution in [3.8, 4) is 0 Å². The van der Waals surface area contributed by atoms with Crippen LogP contribution in [-0.4, -0.2) is 10.3 Å². The summed E-state index contributed by atoms with van der Waals surface area (Å²) in [6.45, 7) is 0. The number of rotatable bonds is 2. The lowest BCUT2D eigenvalue weighted by molar-refractivity contribution is 0.235. The maximum Gasteiger partial charge on any atom is 0.587 e. The second kappa shape index (κ2) is 3.10. The number of halogens is 3. The molecule has 1 N–H and O–H groups in total. The second-order valence-corrected chi connectivity index (χ2v) is 2.24. The van der Waals surface area contributed by atoms with Gasteiger partial charge in [-0.25, -0.2) is 4.57 Å². The molecule has 0 rings (SSSR count). The summed E-state index contributed by atoms with van der Waals surface area (Å²) in [7, 11) is -5.23. The molecule has 0 amide bonds. The van der Waals surface area contributed by atoms with Gasteiger partial charge in [-0.15, -0.1) is 4.20 Å². The molecule has 0 radical (unpaired) electrons. The van der Waals surface area contributed by atoms with Gasteiger partial charge < -0.3 is 0 Å². The Bertz CT molecular complexity index is 161. The van der Waals surface area contributed by atoms with Gasteiger partial charge in [0.05, 0.1) is 0 Å². The molecule has 54 valence electrons. The fraction of sp³-hybridized carbons (Fsp3) is 0. The normalized spacial score (nSPS) is 18.9. The van der Waals surface area contributed by atoms with E-state index in [4.69, 9.17) is 4.89 Å². The van der Waals surface area contributed by atoms with Gasteiger partial charge in [0.25, 0.3) is 0 Å². The van der Waals surface area contributed by atoms with Crippen LogP contribution in [0.2, 0.25) is 0 Å². The van der Waals surface area contributed by atoms with Crippen LogP contribution in [0.15, 0.2) is 5.16 Å². The summed E-state index contributed by atoms with van der Waals surface area (Å²) in [5.74, 6) is 0. The minimum Gasteiger partial charge on any atom is -0.288 e. The van der Waals surface area contributed by atoms with Crippen LogP contribution in [0.25, 0.3) is 0 Å². The SMILES string of the molecule is O=P(O)(F)O/N=C(\F)Cl. The van der Waals surface area contributed by atoms with Crippen molar-refractivity contribution in [3.05, 3.63) is 0 Å². The lowest BCUT2D eigenvalue weighted by Gasteiger charge is -1.92. The molecule has 0 fully saturated rings. The molecule has 9 heavy (non-hydrogen) atoms. The zero-order valence-corrected chi connectivity index (χ0v) is 5.44. The first-order valence-electron chi connectivity index (χ1n) is 1.52. The zero-order chi connectivity index (χ0) is 7.49. The molecule has 4 nitrogen and oxygen atoms in total. The van der Waals surface area contributed by atoms with E-state index in [2.05, 4.69) is 16.2 Å². The van der Waals surface area contributed by atoms with E-state index in [1.165, 1.54) is 0 Å². The molecule has 0 spiro atoms. The van der Waals surface area contributed by atoms with Crippen molar-refractivity contribution in [2.24, 2.45) is 5.16 Å². The molecule has 0 bridgehead atoms. The first-order valence-corrected chi connectivity index (χ1v) is 3.36. The largest absolute Gasteiger partial charge is 0.587 e. The van der Waals surface area contributed by atoms with Gasteiger partial charge in [0.1, 0.15) is 0 Å². The predicted molar refractivity (Wildman–Crippen MR) is 26.4 cm³/mol. The molecule has 0 saturated heterocycles. The summed E-state index contributed by atoms with van der Waals surface area (Å²) >= 11 is 4.34. The topological polar surface area (TPSA) is 58.9 Å². The van der Waals surface area contributed by atoms with Gasteiger partial charge in [-0.2, -0.15) is 4.39 Å². The number of oxime groups is 1. The fourth-order valence-corrected chi connectivity index (χ4v) is 0.336. The Kier molecular flexibility index (Phi) is 3.03. The first kappa shape index (κ1) is 8.81. The van der Waals surface area contributed by atoms with E-state index in [1.54, 1.807) is 0 Å².